The third kappa shape index (κ3) is 4.63. The van der Waals surface area contributed by atoms with E-state index in [1.807, 2.05) is 12.1 Å². The second kappa shape index (κ2) is 6.09. The van der Waals surface area contributed by atoms with Crippen molar-refractivity contribution in [2.24, 2.45) is 0 Å². The van der Waals surface area contributed by atoms with Gasteiger partial charge in [-0.2, -0.15) is 0 Å². The summed E-state index contributed by atoms with van der Waals surface area (Å²) in [4.78, 5) is 12.3. The van der Waals surface area contributed by atoms with Crippen LogP contribution in [0.15, 0.2) is 15.9 Å². The lowest BCUT2D eigenvalue weighted by Gasteiger charge is -2.11. The van der Waals surface area contributed by atoms with Gasteiger partial charge in [0.25, 0.3) is 0 Å². The fourth-order valence-electron chi connectivity index (χ4n) is 0.935. The number of hydrogen-bond donors (Lipinski definition) is 3. The van der Waals surface area contributed by atoms with Gasteiger partial charge in [0.15, 0.2) is 0 Å². The smallest absolute Gasteiger partial charge is 0.315 e. The molecule has 0 aliphatic heterocycles. The number of carbonyl (C=O) groups is 1. The van der Waals surface area contributed by atoms with Crippen LogP contribution in [0.1, 0.15) is 11.8 Å². The first-order valence-electron chi connectivity index (χ1n) is 4.51. The summed E-state index contributed by atoms with van der Waals surface area (Å²) in [5.74, 6) is 0. The van der Waals surface area contributed by atoms with Crippen LogP contribution in [0.3, 0.4) is 0 Å². The van der Waals surface area contributed by atoms with Gasteiger partial charge in [-0.1, -0.05) is 0 Å². The molecule has 6 heteroatoms. The number of carbonyl (C=O) groups excluding carboxylic acids is 1. The van der Waals surface area contributed by atoms with Gasteiger partial charge in [0.2, 0.25) is 0 Å². The number of rotatable bonds is 4. The fourth-order valence-corrected chi connectivity index (χ4v) is 2.36. The molecule has 0 saturated heterocycles. The molecule has 3 N–H and O–H groups in total. The minimum absolute atomic E-state index is 0.0576. The van der Waals surface area contributed by atoms with E-state index in [-0.39, 0.29) is 18.7 Å². The largest absolute Gasteiger partial charge is 0.394 e. The first kappa shape index (κ1) is 12.5. The molecule has 0 bridgehead atoms. The third-order valence-corrected chi connectivity index (χ3v) is 3.33. The summed E-state index contributed by atoms with van der Waals surface area (Å²) in [5, 5.41) is 14.0. The molecule has 0 saturated carbocycles. The third-order valence-electron chi connectivity index (χ3n) is 1.70. The van der Waals surface area contributed by atoms with E-state index in [4.69, 9.17) is 5.11 Å². The van der Waals surface area contributed by atoms with Gasteiger partial charge in [-0.3, -0.25) is 0 Å². The van der Waals surface area contributed by atoms with Crippen LogP contribution >= 0.6 is 27.3 Å². The maximum atomic E-state index is 11.3. The van der Waals surface area contributed by atoms with E-state index in [1.54, 1.807) is 18.3 Å². The van der Waals surface area contributed by atoms with Gasteiger partial charge in [0.1, 0.15) is 0 Å². The van der Waals surface area contributed by atoms with Crippen molar-refractivity contribution in [3.8, 4) is 0 Å². The molecule has 0 aliphatic rings. The Bertz CT molecular complexity index is 330. The normalized spacial score (nSPS) is 12.2. The van der Waals surface area contributed by atoms with Crippen molar-refractivity contribution in [2.75, 3.05) is 6.61 Å². The van der Waals surface area contributed by atoms with Crippen LogP contribution in [0.25, 0.3) is 0 Å². The monoisotopic (exact) mass is 292 g/mol. The van der Waals surface area contributed by atoms with Crippen LogP contribution in [-0.2, 0) is 6.54 Å². The Morgan fingerprint density at radius 3 is 2.93 bits per heavy atom. The Morgan fingerprint density at radius 2 is 2.40 bits per heavy atom. The van der Waals surface area contributed by atoms with Crippen LogP contribution in [0.5, 0.6) is 0 Å². The molecule has 1 atom stereocenters. The van der Waals surface area contributed by atoms with E-state index >= 15 is 0 Å². The second-order valence-electron chi connectivity index (χ2n) is 3.12. The highest BCUT2D eigenvalue weighted by molar-refractivity contribution is 9.11. The van der Waals surface area contributed by atoms with E-state index < -0.39 is 0 Å². The SMILES string of the molecule is C[C@@H](CO)NC(=O)NCc1ccc(Br)s1. The first-order chi connectivity index (χ1) is 7.11. The zero-order valence-electron chi connectivity index (χ0n) is 8.29. The van der Waals surface area contributed by atoms with Gasteiger partial charge in [0, 0.05) is 4.88 Å². The highest BCUT2D eigenvalue weighted by Gasteiger charge is 2.05. The first-order valence-corrected chi connectivity index (χ1v) is 6.12. The predicted molar refractivity (Wildman–Crippen MR) is 63.9 cm³/mol. The van der Waals surface area contributed by atoms with Gasteiger partial charge in [-0.25, -0.2) is 4.79 Å². The predicted octanol–water partition coefficient (Wildman–Crippen LogP) is 1.69. The van der Waals surface area contributed by atoms with E-state index in [0.29, 0.717) is 6.54 Å². The van der Waals surface area contributed by atoms with Gasteiger partial charge >= 0.3 is 6.03 Å². The molecule has 1 aromatic heterocycles. The molecule has 4 nitrogen and oxygen atoms in total. The number of halogens is 1. The molecule has 0 unspecified atom stereocenters. The number of aliphatic hydroxyl groups excluding tert-OH is 1. The number of urea groups is 1. The highest BCUT2D eigenvalue weighted by atomic mass is 79.9. The quantitative estimate of drug-likeness (QED) is 0.791. The second-order valence-corrected chi connectivity index (χ2v) is 5.66. The molecule has 1 aromatic rings. The molecule has 0 aromatic carbocycles. The molecule has 0 spiro atoms. The number of aliphatic hydroxyl groups is 1. The van der Waals surface area contributed by atoms with E-state index in [2.05, 4.69) is 26.6 Å². The van der Waals surface area contributed by atoms with Crippen molar-refractivity contribution in [1.82, 2.24) is 10.6 Å². The molecular formula is C9H13BrN2O2S. The van der Waals surface area contributed by atoms with Crippen molar-refractivity contribution in [3.05, 3.63) is 20.8 Å². The van der Waals surface area contributed by atoms with Crippen molar-refractivity contribution in [3.63, 3.8) is 0 Å². The van der Waals surface area contributed by atoms with Gasteiger partial charge in [-0.05, 0) is 35.0 Å². The van der Waals surface area contributed by atoms with Crippen LogP contribution in [0, 0.1) is 0 Å². The highest BCUT2D eigenvalue weighted by Crippen LogP contribution is 2.21. The maximum absolute atomic E-state index is 11.3. The van der Waals surface area contributed by atoms with Crippen molar-refractivity contribution >= 4 is 33.3 Å². The molecule has 2 amide bonds. The lowest BCUT2D eigenvalue weighted by atomic mass is 10.4. The van der Waals surface area contributed by atoms with Gasteiger partial charge in [-0.15, -0.1) is 11.3 Å². The number of nitrogens with one attached hydrogen (secondary N) is 2. The topological polar surface area (TPSA) is 61.4 Å². The van der Waals surface area contributed by atoms with Crippen LogP contribution in [0.4, 0.5) is 4.79 Å². The lowest BCUT2D eigenvalue weighted by Crippen LogP contribution is -2.41. The van der Waals surface area contributed by atoms with Crippen molar-refractivity contribution < 1.29 is 9.90 Å². The number of thiophene rings is 1. The molecule has 0 radical (unpaired) electrons. The summed E-state index contributed by atoms with van der Waals surface area (Å²) in [5.41, 5.74) is 0. The minimum Gasteiger partial charge on any atom is -0.394 e. The molecule has 1 rings (SSSR count). The molecule has 15 heavy (non-hydrogen) atoms. The molecular weight excluding hydrogens is 280 g/mol. The summed E-state index contributed by atoms with van der Waals surface area (Å²) in [6.07, 6.45) is 0. The van der Waals surface area contributed by atoms with Crippen molar-refractivity contribution in [2.45, 2.75) is 19.5 Å². The van der Waals surface area contributed by atoms with Gasteiger partial charge < -0.3 is 15.7 Å². The lowest BCUT2D eigenvalue weighted by molar-refractivity contribution is 0.220. The summed E-state index contributed by atoms with van der Waals surface area (Å²) < 4.78 is 1.04. The standard InChI is InChI=1S/C9H13BrN2O2S/c1-6(5-13)12-9(14)11-4-7-2-3-8(10)15-7/h2-3,6,13H,4-5H2,1H3,(H2,11,12,14)/t6-/m0/s1. The zero-order chi connectivity index (χ0) is 11.3. The maximum Gasteiger partial charge on any atom is 0.315 e. The van der Waals surface area contributed by atoms with Gasteiger partial charge in [0.05, 0.1) is 23.0 Å². The van der Waals surface area contributed by atoms with Crippen LogP contribution in [-0.4, -0.2) is 23.8 Å². The Labute approximate surface area is 101 Å². The fraction of sp³-hybridized carbons (Fsp3) is 0.444. The Morgan fingerprint density at radius 1 is 1.67 bits per heavy atom. The minimum atomic E-state index is -0.263. The summed E-state index contributed by atoms with van der Waals surface area (Å²) in [6.45, 7) is 2.18. The molecule has 0 aliphatic carbocycles. The number of amides is 2. The van der Waals surface area contributed by atoms with Crippen LogP contribution < -0.4 is 10.6 Å². The molecule has 1 heterocycles. The van der Waals surface area contributed by atoms with E-state index in [9.17, 15) is 4.79 Å². The average Bonchev–Trinajstić information content (AvgIpc) is 2.61. The summed E-state index contributed by atoms with van der Waals surface area (Å²) >= 11 is 4.93. The Balaban J connectivity index is 2.28. The summed E-state index contributed by atoms with van der Waals surface area (Å²) in [6, 6.07) is 3.40. The van der Waals surface area contributed by atoms with E-state index in [0.717, 1.165) is 8.66 Å². The summed E-state index contributed by atoms with van der Waals surface area (Å²) in [7, 11) is 0. The Hall–Kier alpha value is -0.590. The molecule has 0 fully saturated rings. The average molecular weight is 293 g/mol. The van der Waals surface area contributed by atoms with E-state index in [1.165, 1.54) is 0 Å². The van der Waals surface area contributed by atoms with Crippen LogP contribution in [0.2, 0.25) is 0 Å². The molecule has 84 valence electrons. The zero-order valence-corrected chi connectivity index (χ0v) is 10.7. The number of hydrogen-bond acceptors (Lipinski definition) is 3. The van der Waals surface area contributed by atoms with Crippen molar-refractivity contribution in [1.29, 1.82) is 0 Å². The Kier molecular flexibility index (Phi) is 5.07.